The predicted octanol–water partition coefficient (Wildman–Crippen LogP) is 1.65. The van der Waals surface area contributed by atoms with Crippen LogP contribution in [0.25, 0.3) is 0 Å². The average Bonchev–Trinajstić information content (AvgIpc) is 3.39. The summed E-state index contributed by atoms with van der Waals surface area (Å²) in [6, 6.07) is 5.92. The maximum Gasteiger partial charge on any atom is 0.251 e. The van der Waals surface area contributed by atoms with Crippen molar-refractivity contribution < 1.29 is 19.2 Å². The molecule has 2 heterocycles. The van der Waals surface area contributed by atoms with Crippen LogP contribution in [0.15, 0.2) is 24.3 Å². The minimum absolute atomic E-state index is 0.0286. The molecule has 3 rings (SSSR count). The van der Waals surface area contributed by atoms with Gasteiger partial charge in [0.1, 0.15) is 6.04 Å². The van der Waals surface area contributed by atoms with Crippen molar-refractivity contribution in [2.45, 2.75) is 64.6 Å². The first-order chi connectivity index (χ1) is 17.0. The molecular formula is C27H41N5O4. The van der Waals surface area contributed by atoms with Crippen molar-refractivity contribution in [3.8, 4) is 0 Å². The van der Waals surface area contributed by atoms with Crippen LogP contribution in [0.1, 0.15) is 56.8 Å². The smallest absolute Gasteiger partial charge is 0.251 e. The number of nitrogens with two attached hydrogens (primary N) is 1. The van der Waals surface area contributed by atoms with Crippen LogP contribution in [0, 0.1) is 11.8 Å². The Morgan fingerprint density at radius 3 is 2.39 bits per heavy atom. The number of hydrogen-bond donors (Lipinski definition) is 2. The first-order valence-electron chi connectivity index (χ1n) is 12.9. The van der Waals surface area contributed by atoms with Crippen molar-refractivity contribution in [3.63, 3.8) is 0 Å². The number of likely N-dealkylation sites (tertiary alicyclic amines) is 2. The number of nitrogens with one attached hydrogen (secondary N) is 1. The minimum Gasteiger partial charge on any atom is -0.378 e. The van der Waals surface area contributed by atoms with Gasteiger partial charge in [-0.3, -0.25) is 19.2 Å². The molecule has 3 amide bonds. The number of ketones is 1. The summed E-state index contributed by atoms with van der Waals surface area (Å²) >= 11 is 0. The molecule has 36 heavy (non-hydrogen) atoms. The third-order valence-corrected chi connectivity index (χ3v) is 7.16. The molecule has 2 aliphatic heterocycles. The van der Waals surface area contributed by atoms with Crippen molar-refractivity contribution in [2.24, 2.45) is 17.6 Å². The molecule has 0 aromatic heterocycles. The van der Waals surface area contributed by atoms with E-state index in [1.54, 1.807) is 21.9 Å². The molecule has 9 nitrogen and oxygen atoms in total. The highest BCUT2D eigenvalue weighted by Gasteiger charge is 2.51. The van der Waals surface area contributed by atoms with Crippen LogP contribution in [0.5, 0.6) is 0 Å². The lowest BCUT2D eigenvalue weighted by molar-refractivity contribution is -0.137. The lowest BCUT2D eigenvalue weighted by Gasteiger charge is -2.27. The van der Waals surface area contributed by atoms with Gasteiger partial charge in [-0.25, -0.2) is 0 Å². The van der Waals surface area contributed by atoms with Gasteiger partial charge in [0.05, 0.1) is 18.6 Å². The minimum atomic E-state index is -0.623. The van der Waals surface area contributed by atoms with E-state index in [0.717, 1.165) is 5.69 Å². The maximum atomic E-state index is 13.1. The van der Waals surface area contributed by atoms with E-state index in [-0.39, 0.29) is 47.9 Å². The van der Waals surface area contributed by atoms with Gasteiger partial charge < -0.3 is 25.8 Å². The van der Waals surface area contributed by atoms with Crippen LogP contribution in [0.4, 0.5) is 5.69 Å². The molecule has 2 fully saturated rings. The van der Waals surface area contributed by atoms with Gasteiger partial charge in [0.15, 0.2) is 5.78 Å². The summed E-state index contributed by atoms with van der Waals surface area (Å²) in [5.41, 5.74) is 7.71. The highest BCUT2D eigenvalue weighted by Crippen LogP contribution is 2.31. The molecule has 4 atom stereocenters. The van der Waals surface area contributed by atoms with Crippen LogP contribution < -0.4 is 16.0 Å². The maximum absolute atomic E-state index is 13.1. The molecule has 0 radical (unpaired) electrons. The Balaban J connectivity index is 1.47. The Morgan fingerprint density at radius 2 is 1.78 bits per heavy atom. The molecule has 1 aromatic rings. The summed E-state index contributed by atoms with van der Waals surface area (Å²) in [6.07, 6.45) is 2.11. The second-order valence-electron chi connectivity index (χ2n) is 10.9. The predicted molar refractivity (Wildman–Crippen MR) is 140 cm³/mol. The Bertz CT molecular complexity index is 961. The number of fused-ring (bicyclic) bond motifs is 1. The summed E-state index contributed by atoms with van der Waals surface area (Å²) < 4.78 is 0. The topological polar surface area (TPSA) is 116 Å². The quantitative estimate of drug-likeness (QED) is 0.506. The fourth-order valence-corrected chi connectivity index (χ4v) is 5.17. The van der Waals surface area contributed by atoms with E-state index in [9.17, 15) is 19.2 Å². The van der Waals surface area contributed by atoms with Gasteiger partial charge in [-0.15, -0.1) is 0 Å². The van der Waals surface area contributed by atoms with E-state index in [2.05, 4.69) is 5.32 Å². The zero-order valence-electron chi connectivity index (χ0n) is 22.2. The lowest BCUT2D eigenvalue weighted by atomic mass is 10.0. The Morgan fingerprint density at radius 1 is 1.11 bits per heavy atom. The molecule has 2 aliphatic rings. The molecule has 3 N–H and O–H groups in total. The molecule has 0 spiro atoms. The molecule has 0 bridgehead atoms. The summed E-state index contributed by atoms with van der Waals surface area (Å²) in [6.45, 7) is 6.95. The Hall–Kier alpha value is -2.94. The fraction of sp³-hybridized carbons (Fsp3) is 0.630. The van der Waals surface area contributed by atoms with E-state index >= 15 is 0 Å². The lowest BCUT2D eigenvalue weighted by Crippen LogP contribution is -2.48. The molecule has 2 saturated heterocycles. The van der Waals surface area contributed by atoms with Crippen LogP contribution in [-0.4, -0.2) is 85.2 Å². The summed E-state index contributed by atoms with van der Waals surface area (Å²) in [7, 11) is 3.89. The van der Waals surface area contributed by atoms with E-state index in [1.165, 1.54) is 0 Å². The third-order valence-electron chi connectivity index (χ3n) is 7.16. The number of anilines is 1. The van der Waals surface area contributed by atoms with E-state index in [4.69, 9.17) is 5.73 Å². The first-order valence-corrected chi connectivity index (χ1v) is 12.9. The fourth-order valence-electron chi connectivity index (χ4n) is 5.17. The van der Waals surface area contributed by atoms with Crippen molar-refractivity contribution in [1.82, 2.24) is 15.1 Å². The normalized spacial score (nSPS) is 20.9. The van der Waals surface area contributed by atoms with Crippen LogP contribution >= 0.6 is 0 Å². The molecule has 0 saturated carbocycles. The zero-order valence-corrected chi connectivity index (χ0v) is 22.2. The highest BCUT2D eigenvalue weighted by atomic mass is 16.2. The summed E-state index contributed by atoms with van der Waals surface area (Å²) in [5.74, 6) is -0.167. The Kier molecular flexibility index (Phi) is 9.11. The monoisotopic (exact) mass is 499 g/mol. The number of rotatable bonds is 10. The summed E-state index contributed by atoms with van der Waals surface area (Å²) in [5, 5.41) is 2.92. The zero-order chi connectivity index (χ0) is 26.6. The van der Waals surface area contributed by atoms with Crippen molar-refractivity contribution in [2.75, 3.05) is 38.6 Å². The highest BCUT2D eigenvalue weighted by molar-refractivity contribution is 5.98. The molecule has 198 valence electrons. The second-order valence-corrected chi connectivity index (χ2v) is 10.9. The number of carbonyl (C=O) groups excluding carboxylic acids is 4. The number of hydrogen-bond acceptors (Lipinski definition) is 6. The van der Waals surface area contributed by atoms with Crippen LogP contribution in [-0.2, 0) is 14.4 Å². The van der Waals surface area contributed by atoms with Gasteiger partial charge in [-0.1, -0.05) is 20.8 Å². The van der Waals surface area contributed by atoms with Crippen LogP contribution in [0.3, 0.4) is 0 Å². The number of amides is 3. The molecular weight excluding hydrogens is 458 g/mol. The number of nitrogens with zero attached hydrogens (tertiary/aromatic N) is 3. The van der Waals surface area contributed by atoms with Crippen molar-refractivity contribution >= 4 is 29.2 Å². The average molecular weight is 500 g/mol. The number of benzene rings is 1. The van der Waals surface area contributed by atoms with E-state index in [0.29, 0.717) is 44.3 Å². The van der Waals surface area contributed by atoms with E-state index in [1.807, 2.05) is 51.9 Å². The van der Waals surface area contributed by atoms with Gasteiger partial charge in [-0.05, 0) is 55.4 Å². The number of Topliss-reactive ketones (excluding diaryl/α,β-unsaturated/α-hetero) is 1. The third kappa shape index (κ3) is 6.43. The van der Waals surface area contributed by atoms with Gasteiger partial charge in [0.25, 0.3) is 5.91 Å². The molecule has 0 aliphatic carbocycles. The molecule has 4 unspecified atom stereocenters. The van der Waals surface area contributed by atoms with Crippen molar-refractivity contribution in [1.29, 1.82) is 0 Å². The molecule has 9 heteroatoms. The van der Waals surface area contributed by atoms with Crippen LogP contribution in [0.2, 0.25) is 0 Å². The summed E-state index contributed by atoms with van der Waals surface area (Å²) in [4.78, 5) is 56.3. The van der Waals surface area contributed by atoms with Gasteiger partial charge >= 0.3 is 0 Å². The standard InChI is InChI=1S/C27H41N5O4/c1-17(2)14-21(28)27(36)32-16-23(33)25-22(32)11-13-31(25)24(34)15-18(3)10-12-29-26(35)19-6-8-20(9-7-19)30(4)5/h6-9,17-18,21-22,25H,10-16,28H2,1-5H3,(H,29,35). The van der Waals surface area contributed by atoms with Crippen molar-refractivity contribution in [3.05, 3.63) is 29.8 Å². The number of carbonyl (C=O) groups is 4. The van der Waals surface area contributed by atoms with Gasteiger partial charge in [0, 0.05) is 44.9 Å². The van der Waals surface area contributed by atoms with E-state index < -0.39 is 12.1 Å². The largest absolute Gasteiger partial charge is 0.378 e. The Labute approximate surface area is 214 Å². The second kappa shape index (κ2) is 11.9. The van der Waals surface area contributed by atoms with Gasteiger partial charge in [-0.2, -0.15) is 0 Å². The molecule has 1 aromatic carbocycles. The SMILES string of the molecule is CC(C)CC(N)C(=O)N1CC(=O)C2C1CCN2C(=O)CC(C)CCNC(=O)c1ccc(N(C)C)cc1. The first kappa shape index (κ1) is 27.6. The van der Waals surface area contributed by atoms with Gasteiger partial charge in [0.2, 0.25) is 11.8 Å².